The van der Waals surface area contributed by atoms with Gasteiger partial charge in [0, 0.05) is 31.5 Å². The third kappa shape index (κ3) is 6.32. The summed E-state index contributed by atoms with van der Waals surface area (Å²) in [7, 11) is 3.70. The lowest BCUT2D eigenvalue weighted by Crippen LogP contribution is -2.43. The molecule has 1 atom stereocenters. The van der Waals surface area contributed by atoms with Gasteiger partial charge in [-0.1, -0.05) is 48.5 Å². The van der Waals surface area contributed by atoms with Crippen molar-refractivity contribution in [3.8, 4) is 11.1 Å². The van der Waals surface area contributed by atoms with Crippen LogP contribution in [0.5, 0.6) is 0 Å². The van der Waals surface area contributed by atoms with Gasteiger partial charge in [-0.25, -0.2) is 4.79 Å². The van der Waals surface area contributed by atoms with E-state index >= 15 is 0 Å². The van der Waals surface area contributed by atoms with Crippen molar-refractivity contribution in [2.45, 2.75) is 25.3 Å². The third-order valence-electron chi connectivity index (χ3n) is 5.68. The number of hydrogen-bond donors (Lipinski definition) is 2. The zero-order chi connectivity index (χ0) is 24.0. The molecule has 8 nitrogen and oxygen atoms in total. The molecular formula is C25H31N3O5. The third-order valence-corrected chi connectivity index (χ3v) is 5.68. The Morgan fingerprint density at radius 2 is 1.58 bits per heavy atom. The van der Waals surface area contributed by atoms with E-state index < -0.39 is 18.1 Å². The van der Waals surface area contributed by atoms with E-state index in [9.17, 15) is 14.4 Å². The van der Waals surface area contributed by atoms with Crippen LogP contribution in [0.4, 0.5) is 4.79 Å². The number of likely N-dealkylation sites (N-methyl/N-ethyl adjacent to an activating group) is 1. The summed E-state index contributed by atoms with van der Waals surface area (Å²) in [5.41, 5.74) is 4.55. The van der Waals surface area contributed by atoms with Gasteiger partial charge in [-0.15, -0.1) is 0 Å². The highest BCUT2D eigenvalue weighted by molar-refractivity contribution is 5.82. The SMILES string of the molecule is C[C@@H](CC(=O)N(CCN(C)C)CC(=O)O)NC(=O)OCC1c2ccccc2-c2ccccc21. The minimum Gasteiger partial charge on any atom is -0.480 e. The fraction of sp³-hybridized carbons (Fsp3) is 0.400. The second-order valence-corrected chi connectivity index (χ2v) is 8.59. The van der Waals surface area contributed by atoms with E-state index in [4.69, 9.17) is 9.84 Å². The zero-order valence-electron chi connectivity index (χ0n) is 19.3. The summed E-state index contributed by atoms with van der Waals surface area (Å²) in [5.74, 6) is -1.44. The molecule has 3 rings (SSSR count). The van der Waals surface area contributed by atoms with Crippen LogP contribution in [0.2, 0.25) is 0 Å². The van der Waals surface area contributed by atoms with Crippen LogP contribution in [-0.4, -0.2) is 79.3 Å². The van der Waals surface area contributed by atoms with Gasteiger partial charge in [-0.2, -0.15) is 0 Å². The monoisotopic (exact) mass is 453 g/mol. The Labute approximate surface area is 194 Å². The van der Waals surface area contributed by atoms with Crippen molar-refractivity contribution >= 4 is 18.0 Å². The smallest absolute Gasteiger partial charge is 0.407 e. The highest BCUT2D eigenvalue weighted by Gasteiger charge is 2.29. The average molecular weight is 454 g/mol. The molecule has 1 aliphatic rings. The van der Waals surface area contributed by atoms with Crippen molar-refractivity contribution in [2.24, 2.45) is 0 Å². The molecule has 176 valence electrons. The van der Waals surface area contributed by atoms with E-state index in [0.29, 0.717) is 13.1 Å². The number of carbonyl (C=O) groups excluding carboxylic acids is 2. The number of hydrogen-bond acceptors (Lipinski definition) is 5. The Hall–Kier alpha value is -3.39. The molecule has 0 radical (unpaired) electrons. The largest absolute Gasteiger partial charge is 0.480 e. The first-order valence-corrected chi connectivity index (χ1v) is 11.0. The Kier molecular flexibility index (Phi) is 8.06. The molecule has 0 bridgehead atoms. The Bertz CT molecular complexity index is 962. The first-order chi connectivity index (χ1) is 15.8. The van der Waals surface area contributed by atoms with Gasteiger partial charge in [0.25, 0.3) is 0 Å². The van der Waals surface area contributed by atoms with Crippen molar-refractivity contribution in [1.82, 2.24) is 15.1 Å². The lowest BCUT2D eigenvalue weighted by Gasteiger charge is -2.24. The summed E-state index contributed by atoms with van der Waals surface area (Å²) in [4.78, 5) is 39.3. The Balaban J connectivity index is 1.54. The molecule has 0 unspecified atom stereocenters. The number of alkyl carbamates (subject to hydrolysis) is 1. The van der Waals surface area contributed by atoms with Crippen LogP contribution < -0.4 is 5.32 Å². The molecule has 2 aromatic carbocycles. The molecule has 0 saturated carbocycles. The van der Waals surface area contributed by atoms with Crippen LogP contribution in [-0.2, 0) is 14.3 Å². The van der Waals surface area contributed by atoms with Gasteiger partial charge in [0.05, 0.1) is 0 Å². The molecule has 0 fully saturated rings. The molecular weight excluding hydrogens is 422 g/mol. The Morgan fingerprint density at radius 1 is 1.00 bits per heavy atom. The van der Waals surface area contributed by atoms with Gasteiger partial charge >= 0.3 is 12.1 Å². The number of rotatable bonds is 10. The van der Waals surface area contributed by atoms with E-state index in [1.165, 1.54) is 4.90 Å². The molecule has 0 saturated heterocycles. The number of ether oxygens (including phenoxy) is 1. The number of fused-ring (bicyclic) bond motifs is 3. The minimum atomic E-state index is -1.07. The molecule has 0 spiro atoms. The van der Waals surface area contributed by atoms with Crippen LogP contribution in [0.15, 0.2) is 48.5 Å². The molecule has 0 heterocycles. The maximum atomic E-state index is 12.6. The van der Waals surface area contributed by atoms with Crippen LogP contribution in [0.3, 0.4) is 0 Å². The van der Waals surface area contributed by atoms with Crippen LogP contribution in [0, 0.1) is 0 Å². The van der Waals surface area contributed by atoms with Gasteiger partial charge in [0.2, 0.25) is 5.91 Å². The first-order valence-electron chi connectivity index (χ1n) is 11.0. The highest BCUT2D eigenvalue weighted by atomic mass is 16.5. The van der Waals surface area contributed by atoms with Crippen molar-refractivity contribution in [1.29, 1.82) is 0 Å². The number of carboxylic acid groups (broad SMARTS) is 1. The van der Waals surface area contributed by atoms with Crippen molar-refractivity contribution < 1.29 is 24.2 Å². The van der Waals surface area contributed by atoms with Gasteiger partial charge in [-0.05, 0) is 43.3 Å². The predicted molar refractivity (Wildman–Crippen MR) is 125 cm³/mol. The van der Waals surface area contributed by atoms with Gasteiger partial charge in [0.15, 0.2) is 0 Å². The molecule has 0 aromatic heterocycles. The van der Waals surface area contributed by atoms with Crippen molar-refractivity contribution in [2.75, 3.05) is 40.3 Å². The van der Waals surface area contributed by atoms with Crippen molar-refractivity contribution in [3.63, 3.8) is 0 Å². The summed E-state index contributed by atoms with van der Waals surface area (Å²) in [6.45, 7) is 2.37. The number of aliphatic carboxylic acids is 1. The fourth-order valence-corrected chi connectivity index (χ4v) is 4.06. The molecule has 0 aliphatic heterocycles. The summed E-state index contributed by atoms with van der Waals surface area (Å²) in [6, 6.07) is 15.7. The predicted octanol–water partition coefficient (Wildman–Crippen LogP) is 2.78. The minimum absolute atomic E-state index is 0.00902. The number of carboxylic acids is 1. The van der Waals surface area contributed by atoms with Crippen LogP contribution >= 0.6 is 0 Å². The van der Waals surface area contributed by atoms with E-state index in [2.05, 4.69) is 17.4 Å². The van der Waals surface area contributed by atoms with Gasteiger partial charge in [-0.3, -0.25) is 9.59 Å². The first kappa shape index (κ1) is 24.3. The highest BCUT2D eigenvalue weighted by Crippen LogP contribution is 2.44. The van der Waals surface area contributed by atoms with E-state index in [1.807, 2.05) is 55.4 Å². The second kappa shape index (κ2) is 11.0. The summed E-state index contributed by atoms with van der Waals surface area (Å²) in [5, 5.41) is 11.8. The number of carbonyl (C=O) groups is 3. The molecule has 8 heteroatoms. The molecule has 33 heavy (non-hydrogen) atoms. The van der Waals surface area contributed by atoms with Gasteiger partial charge in [0.1, 0.15) is 13.2 Å². The fourth-order valence-electron chi connectivity index (χ4n) is 4.06. The summed E-state index contributed by atoms with van der Waals surface area (Å²) in [6.07, 6.45) is -0.611. The maximum Gasteiger partial charge on any atom is 0.407 e. The van der Waals surface area contributed by atoms with Crippen LogP contribution in [0.1, 0.15) is 30.4 Å². The number of nitrogens with zero attached hydrogens (tertiary/aromatic N) is 2. The van der Waals surface area contributed by atoms with Crippen molar-refractivity contribution in [3.05, 3.63) is 59.7 Å². The lowest BCUT2D eigenvalue weighted by molar-refractivity contribution is -0.144. The molecule has 2 amide bonds. The second-order valence-electron chi connectivity index (χ2n) is 8.59. The maximum absolute atomic E-state index is 12.6. The molecule has 2 aromatic rings. The molecule has 1 aliphatic carbocycles. The number of benzene rings is 2. The quantitative estimate of drug-likeness (QED) is 0.574. The molecule has 2 N–H and O–H groups in total. The Morgan fingerprint density at radius 3 is 2.12 bits per heavy atom. The number of amides is 2. The lowest BCUT2D eigenvalue weighted by atomic mass is 9.98. The van der Waals surface area contributed by atoms with Crippen LogP contribution in [0.25, 0.3) is 11.1 Å². The zero-order valence-corrected chi connectivity index (χ0v) is 19.3. The normalized spacial score (nSPS) is 13.2. The van der Waals surface area contributed by atoms with E-state index in [1.54, 1.807) is 6.92 Å². The summed E-state index contributed by atoms with van der Waals surface area (Å²) < 4.78 is 5.52. The standard InChI is InChI=1S/C25H31N3O5/c1-17(14-23(29)28(15-24(30)31)13-12-27(2)3)26-25(32)33-16-22-20-10-6-4-8-18(20)19-9-5-7-11-21(19)22/h4-11,17,22H,12-16H2,1-3H3,(H,26,32)(H,30,31)/t17-/m0/s1. The van der Waals surface area contributed by atoms with E-state index in [0.717, 1.165) is 22.3 Å². The summed E-state index contributed by atoms with van der Waals surface area (Å²) >= 11 is 0. The van der Waals surface area contributed by atoms with E-state index in [-0.39, 0.29) is 31.4 Å². The topological polar surface area (TPSA) is 99.2 Å². The number of nitrogens with one attached hydrogen (secondary N) is 1. The average Bonchev–Trinajstić information content (AvgIpc) is 3.08. The van der Waals surface area contributed by atoms with Gasteiger partial charge < -0.3 is 25.0 Å².